The summed E-state index contributed by atoms with van der Waals surface area (Å²) in [5, 5.41) is 0.858. The van der Waals surface area contributed by atoms with Crippen LogP contribution in [0.5, 0.6) is 5.75 Å². The molecule has 3 aromatic rings. The predicted molar refractivity (Wildman–Crippen MR) is 130 cm³/mol. The van der Waals surface area contributed by atoms with Crippen LogP contribution in [-0.2, 0) is 27.7 Å². The number of hydrogen-bond acceptors (Lipinski definition) is 6. The number of nitrogens with one attached hydrogen (secondary N) is 1. The van der Waals surface area contributed by atoms with E-state index in [4.69, 9.17) is 9.15 Å². The molecule has 0 saturated carbocycles. The Hall–Kier alpha value is -2.97. The number of hydrogen-bond donors (Lipinski definition) is 1. The van der Waals surface area contributed by atoms with Crippen LogP contribution in [0.15, 0.2) is 50.5 Å². The summed E-state index contributed by atoms with van der Waals surface area (Å²) in [7, 11) is -3.91. The van der Waals surface area contributed by atoms with Gasteiger partial charge in [0.05, 0.1) is 4.90 Å². The van der Waals surface area contributed by atoms with Crippen molar-refractivity contribution >= 4 is 27.0 Å². The molecule has 0 aliphatic heterocycles. The van der Waals surface area contributed by atoms with Gasteiger partial charge >= 0.3 is 11.6 Å². The molecule has 0 fully saturated rings. The van der Waals surface area contributed by atoms with Gasteiger partial charge in [0.15, 0.2) is 0 Å². The molecule has 4 rings (SSSR count). The van der Waals surface area contributed by atoms with Gasteiger partial charge in [0.25, 0.3) is 0 Å². The quantitative estimate of drug-likeness (QED) is 0.305. The molecular weight excluding hydrogens is 454 g/mol. The molecule has 180 valence electrons. The lowest BCUT2D eigenvalue weighted by molar-refractivity contribution is -0.136. The molecule has 1 aliphatic carbocycles. The molecule has 0 spiro atoms. The highest BCUT2D eigenvalue weighted by Crippen LogP contribution is 2.32. The highest BCUT2D eigenvalue weighted by Gasteiger charge is 2.28. The third-order valence-corrected chi connectivity index (χ3v) is 7.78. The maximum absolute atomic E-state index is 13.0. The van der Waals surface area contributed by atoms with Gasteiger partial charge in [0.1, 0.15) is 17.4 Å². The van der Waals surface area contributed by atoms with E-state index < -0.39 is 22.0 Å². The van der Waals surface area contributed by atoms with E-state index in [1.807, 2.05) is 19.9 Å². The van der Waals surface area contributed by atoms with Crippen LogP contribution in [0.4, 0.5) is 0 Å². The molecule has 1 aromatic heterocycles. The predicted octanol–water partition coefficient (Wildman–Crippen LogP) is 4.34. The SMILES string of the molecule is CCCC(NS(=O)(=O)c1ccc(C)cc1)C(=O)Oc1ccc2c3c(c(=O)oc2c1C)CCCC3. The monoisotopic (exact) mass is 483 g/mol. The van der Waals surface area contributed by atoms with Crippen LogP contribution >= 0.6 is 0 Å². The first kappa shape index (κ1) is 24.2. The van der Waals surface area contributed by atoms with Crippen LogP contribution < -0.4 is 15.1 Å². The average molecular weight is 484 g/mol. The number of aryl methyl sites for hydroxylation is 3. The van der Waals surface area contributed by atoms with Crippen LogP contribution in [-0.4, -0.2) is 20.4 Å². The summed E-state index contributed by atoms with van der Waals surface area (Å²) in [4.78, 5) is 25.6. The van der Waals surface area contributed by atoms with Crippen LogP contribution in [0, 0.1) is 13.8 Å². The maximum atomic E-state index is 13.0. The van der Waals surface area contributed by atoms with Crippen molar-refractivity contribution in [2.24, 2.45) is 0 Å². The molecule has 1 unspecified atom stereocenters. The molecule has 0 bridgehead atoms. The molecule has 0 saturated heterocycles. The Morgan fingerprint density at radius 2 is 1.74 bits per heavy atom. The second-order valence-electron chi connectivity index (χ2n) is 8.82. The Labute approximate surface area is 199 Å². The number of benzene rings is 2. The van der Waals surface area contributed by atoms with Crippen LogP contribution in [0.2, 0.25) is 0 Å². The molecule has 1 heterocycles. The fraction of sp³-hybridized carbons (Fsp3) is 0.385. The van der Waals surface area contributed by atoms with Crippen LogP contribution in [0.25, 0.3) is 11.0 Å². The van der Waals surface area contributed by atoms with Crippen molar-refractivity contribution < 1.29 is 22.4 Å². The van der Waals surface area contributed by atoms with Gasteiger partial charge in [-0.1, -0.05) is 31.0 Å². The van der Waals surface area contributed by atoms with Gasteiger partial charge in [-0.3, -0.25) is 0 Å². The second-order valence-corrected chi connectivity index (χ2v) is 10.5. The second kappa shape index (κ2) is 9.72. The Morgan fingerprint density at radius 3 is 2.41 bits per heavy atom. The number of sulfonamides is 1. The number of rotatable bonds is 7. The number of ether oxygens (including phenoxy) is 1. The van der Waals surface area contributed by atoms with Gasteiger partial charge < -0.3 is 9.15 Å². The number of carbonyl (C=O) groups is 1. The number of carbonyl (C=O) groups excluding carboxylic acids is 1. The lowest BCUT2D eigenvalue weighted by atomic mass is 9.90. The van der Waals surface area contributed by atoms with Gasteiger partial charge in [0.2, 0.25) is 10.0 Å². The van der Waals surface area contributed by atoms with E-state index in [1.54, 1.807) is 25.1 Å². The Balaban J connectivity index is 1.62. The fourth-order valence-electron chi connectivity index (χ4n) is 4.40. The zero-order valence-electron chi connectivity index (χ0n) is 19.6. The van der Waals surface area contributed by atoms with E-state index in [0.29, 0.717) is 24.0 Å². The molecule has 7 nitrogen and oxygen atoms in total. The molecule has 2 aromatic carbocycles. The van der Waals surface area contributed by atoms with Gasteiger partial charge in [-0.05, 0) is 75.8 Å². The van der Waals surface area contributed by atoms with E-state index in [9.17, 15) is 18.0 Å². The van der Waals surface area contributed by atoms with Crippen molar-refractivity contribution in [2.45, 2.75) is 70.2 Å². The summed E-state index contributed by atoms with van der Waals surface area (Å²) in [6, 6.07) is 8.84. The maximum Gasteiger partial charge on any atom is 0.339 e. The zero-order valence-corrected chi connectivity index (χ0v) is 20.5. The van der Waals surface area contributed by atoms with E-state index in [1.165, 1.54) is 12.1 Å². The first-order valence-electron chi connectivity index (χ1n) is 11.6. The van der Waals surface area contributed by atoms with Gasteiger partial charge in [-0.25, -0.2) is 18.0 Å². The van der Waals surface area contributed by atoms with E-state index in [-0.39, 0.29) is 22.7 Å². The first-order valence-corrected chi connectivity index (χ1v) is 13.1. The average Bonchev–Trinajstić information content (AvgIpc) is 2.81. The third kappa shape index (κ3) is 4.79. The van der Waals surface area contributed by atoms with E-state index >= 15 is 0 Å². The summed E-state index contributed by atoms with van der Waals surface area (Å²) in [6.07, 6.45) is 4.36. The Bertz CT molecular complexity index is 1390. The fourth-order valence-corrected chi connectivity index (χ4v) is 5.62. The standard InChI is InChI=1S/C26H29NO6S/c1-4-7-22(27-34(30,31)18-12-10-16(2)11-13-18)26(29)32-23-15-14-20-19-8-5-6-9-21(19)25(28)33-24(20)17(23)3/h10-15,22,27H,4-9H2,1-3H3. The van der Waals surface area contributed by atoms with E-state index in [0.717, 1.165) is 41.3 Å². The Morgan fingerprint density at radius 1 is 1.06 bits per heavy atom. The highest BCUT2D eigenvalue weighted by atomic mass is 32.2. The molecule has 0 radical (unpaired) electrons. The Kier molecular flexibility index (Phi) is 6.91. The number of fused-ring (bicyclic) bond motifs is 3. The van der Waals surface area contributed by atoms with Gasteiger partial charge in [-0.2, -0.15) is 4.72 Å². The summed E-state index contributed by atoms with van der Waals surface area (Å²) in [5.74, 6) is -0.465. The minimum Gasteiger partial charge on any atom is -0.425 e. The zero-order chi connectivity index (χ0) is 24.5. The smallest absolute Gasteiger partial charge is 0.339 e. The van der Waals surface area contributed by atoms with Crippen LogP contribution in [0.1, 0.15) is 54.9 Å². The van der Waals surface area contributed by atoms with Crippen LogP contribution in [0.3, 0.4) is 0 Å². The molecule has 1 N–H and O–H groups in total. The summed E-state index contributed by atoms with van der Waals surface area (Å²) < 4.78 is 39.4. The molecule has 8 heteroatoms. The summed E-state index contributed by atoms with van der Waals surface area (Å²) >= 11 is 0. The molecule has 1 aliphatic rings. The van der Waals surface area contributed by atoms with Crippen molar-refractivity contribution in [1.29, 1.82) is 0 Å². The molecule has 1 atom stereocenters. The lowest BCUT2D eigenvalue weighted by Gasteiger charge is -2.19. The van der Waals surface area contributed by atoms with Crippen molar-refractivity contribution in [3.05, 3.63) is 69.1 Å². The van der Waals surface area contributed by atoms with Crippen molar-refractivity contribution in [3.8, 4) is 5.75 Å². The topological polar surface area (TPSA) is 103 Å². The summed E-state index contributed by atoms with van der Waals surface area (Å²) in [5.41, 5.74) is 3.27. The normalized spacial score (nSPS) is 14.6. The minimum atomic E-state index is -3.91. The van der Waals surface area contributed by atoms with E-state index in [2.05, 4.69) is 4.72 Å². The minimum absolute atomic E-state index is 0.0837. The van der Waals surface area contributed by atoms with Gasteiger partial charge in [-0.15, -0.1) is 0 Å². The third-order valence-electron chi connectivity index (χ3n) is 6.29. The van der Waals surface area contributed by atoms with Gasteiger partial charge in [0, 0.05) is 16.5 Å². The molecular formula is C26H29NO6S. The molecule has 0 amide bonds. The van der Waals surface area contributed by atoms with Crippen molar-refractivity contribution in [1.82, 2.24) is 4.72 Å². The largest absolute Gasteiger partial charge is 0.425 e. The lowest BCUT2D eigenvalue weighted by Crippen LogP contribution is -2.42. The number of esters is 1. The van der Waals surface area contributed by atoms with Crippen molar-refractivity contribution in [2.75, 3.05) is 0 Å². The van der Waals surface area contributed by atoms with Crippen molar-refractivity contribution in [3.63, 3.8) is 0 Å². The summed E-state index contributed by atoms with van der Waals surface area (Å²) in [6.45, 7) is 5.46. The highest BCUT2D eigenvalue weighted by molar-refractivity contribution is 7.89. The molecule has 34 heavy (non-hydrogen) atoms. The first-order chi connectivity index (χ1) is 16.2.